The molecule has 3 aromatic rings. The number of amides is 1. The number of nitrogens with two attached hydrogens (primary N) is 1. The molecule has 1 aliphatic rings. The molecule has 1 aromatic carbocycles. The lowest BCUT2D eigenvalue weighted by molar-refractivity contribution is 0.102. The molecular weight excluding hydrogens is 356 g/mol. The molecular formula is C20H24N6O2. The van der Waals surface area contributed by atoms with Crippen molar-refractivity contribution in [1.82, 2.24) is 19.7 Å². The van der Waals surface area contributed by atoms with Crippen molar-refractivity contribution in [3.8, 4) is 0 Å². The Labute approximate surface area is 163 Å². The highest BCUT2D eigenvalue weighted by Crippen LogP contribution is 2.36. The lowest BCUT2D eigenvalue weighted by Crippen LogP contribution is -2.15. The molecule has 1 amide bonds. The van der Waals surface area contributed by atoms with E-state index in [2.05, 4.69) is 27.3 Å². The number of fused-ring (bicyclic) bond motifs is 1. The molecule has 0 spiro atoms. The highest BCUT2D eigenvalue weighted by molar-refractivity contribution is 6.13. The van der Waals surface area contributed by atoms with Crippen molar-refractivity contribution < 1.29 is 9.53 Å². The summed E-state index contributed by atoms with van der Waals surface area (Å²) in [6.45, 7) is 2.76. The van der Waals surface area contributed by atoms with Crippen LogP contribution < -0.4 is 11.1 Å². The SMILES string of the molecule is COCc1ccc(NC(=O)c2nn(C3CCC(C)C3)c3ncnc(N)c23)cc1. The molecule has 0 radical (unpaired) electrons. The Morgan fingerprint density at radius 2 is 2.07 bits per heavy atom. The van der Waals surface area contributed by atoms with Gasteiger partial charge in [-0.15, -0.1) is 0 Å². The standard InChI is InChI=1S/C20H24N6O2/c1-12-3-8-15(9-12)26-19-16(18(21)22-11-23-19)17(25-26)20(27)24-14-6-4-13(5-7-14)10-28-2/h4-7,11-12,15H,3,8-10H2,1-2H3,(H,24,27)(H2,21,22,23). The highest BCUT2D eigenvalue weighted by atomic mass is 16.5. The average Bonchev–Trinajstić information content (AvgIpc) is 3.28. The zero-order chi connectivity index (χ0) is 19.7. The molecule has 1 aliphatic carbocycles. The predicted octanol–water partition coefficient (Wildman–Crippen LogP) is 3.17. The summed E-state index contributed by atoms with van der Waals surface area (Å²) >= 11 is 0. The molecule has 2 heterocycles. The van der Waals surface area contributed by atoms with Crippen LogP contribution in [0.1, 0.15) is 48.3 Å². The molecule has 1 fully saturated rings. The Bertz CT molecular complexity index is 998. The molecule has 146 valence electrons. The van der Waals surface area contributed by atoms with Gasteiger partial charge in [-0.2, -0.15) is 5.10 Å². The average molecular weight is 380 g/mol. The van der Waals surface area contributed by atoms with Crippen LogP contribution in [0, 0.1) is 5.92 Å². The Hall–Kier alpha value is -3.00. The second-order valence-electron chi connectivity index (χ2n) is 7.41. The van der Waals surface area contributed by atoms with E-state index >= 15 is 0 Å². The summed E-state index contributed by atoms with van der Waals surface area (Å²) in [7, 11) is 1.65. The van der Waals surface area contributed by atoms with Gasteiger partial charge >= 0.3 is 0 Å². The van der Waals surface area contributed by atoms with Gasteiger partial charge in [0.25, 0.3) is 5.91 Å². The van der Waals surface area contributed by atoms with Gasteiger partial charge in [0.05, 0.1) is 18.0 Å². The van der Waals surface area contributed by atoms with Crippen molar-refractivity contribution in [3.05, 3.63) is 41.9 Å². The van der Waals surface area contributed by atoms with Gasteiger partial charge in [0.1, 0.15) is 12.1 Å². The van der Waals surface area contributed by atoms with Crippen LogP contribution in [0.3, 0.4) is 0 Å². The Kier molecular flexibility index (Phi) is 4.95. The molecule has 2 unspecified atom stereocenters. The molecule has 2 atom stereocenters. The van der Waals surface area contributed by atoms with Crippen molar-refractivity contribution >= 4 is 28.4 Å². The van der Waals surface area contributed by atoms with Crippen molar-refractivity contribution in [2.45, 2.75) is 38.8 Å². The number of carbonyl (C=O) groups excluding carboxylic acids is 1. The molecule has 3 N–H and O–H groups in total. The van der Waals surface area contributed by atoms with Crippen LogP contribution in [-0.4, -0.2) is 32.8 Å². The molecule has 2 aromatic heterocycles. The van der Waals surface area contributed by atoms with E-state index in [1.54, 1.807) is 7.11 Å². The number of ether oxygens (including phenoxy) is 1. The van der Waals surface area contributed by atoms with Crippen LogP contribution in [0.2, 0.25) is 0 Å². The number of anilines is 2. The highest BCUT2D eigenvalue weighted by Gasteiger charge is 2.29. The fourth-order valence-electron chi connectivity index (χ4n) is 3.85. The maximum atomic E-state index is 13.0. The third-order valence-electron chi connectivity index (χ3n) is 5.27. The van der Waals surface area contributed by atoms with Crippen LogP contribution in [0.15, 0.2) is 30.6 Å². The minimum atomic E-state index is -0.323. The van der Waals surface area contributed by atoms with E-state index in [0.717, 1.165) is 24.8 Å². The minimum absolute atomic E-state index is 0.224. The Morgan fingerprint density at radius 1 is 1.29 bits per heavy atom. The van der Waals surface area contributed by atoms with E-state index in [9.17, 15) is 4.79 Å². The van der Waals surface area contributed by atoms with E-state index in [4.69, 9.17) is 10.5 Å². The number of nitrogens with zero attached hydrogens (tertiary/aromatic N) is 4. The van der Waals surface area contributed by atoms with E-state index in [0.29, 0.717) is 29.2 Å². The fourth-order valence-corrected chi connectivity index (χ4v) is 3.85. The van der Waals surface area contributed by atoms with Crippen LogP contribution in [0.4, 0.5) is 11.5 Å². The number of rotatable bonds is 5. The van der Waals surface area contributed by atoms with Gasteiger partial charge in [-0.1, -0.05) is 19.1 Å². The zero-order valence-electron chi connectivity index (χ0n) is 16.1. The number of hydrogen-bond donors (Lipinski definition) is 2. The third-order valence-corrected chi connectivity index (χ3v) is 5.27. The lowest BCUT2D eigenvalue weighted by Gasteiger charge is -2.10. The summed E-state index contributed by atoms with van der Waals surface area (Å²) < 4.78 is 6.97. The quantitative estimate of drug-likeness (QED) is 0.704. The Morgan fingerprint density at radius 3 is 2.75 bits per heavy atom. The molecule has 0 bridgehead atoms. The van der Waals surface area contributed by atoms with Gasteiger partial charge in [-0.05, 0) is 42.9 Å². The molecule has 8 nitrogen and oxygen atoms in total. The molecule has 1 saturated carbocycles. The van der Waals surface area contributed by atoms with Crippen molar-refractivity contribution in [3.63, 3.8) is 0 Å². The van der Waals surface area contributed by atoms with Crippen molar-refractivity contribution in [1.29, 1.82) is 0 Å². The second-order valence-corrected chi connectivity index (χ2v) is 7.41. The number of nitrogens with one attached hydrogen (secondary N) is 1. The summed E-state index contributed by atoms with van der Waals surface area (Å²) in [6, 6.07) is 7.72. The summed E-state index contributed by atoms with van der Waals surface area (Å²) in [4.78, 5) is 21.4. The van der Waals surface area contributed by atoms with Gasteiger partial charge in [0, 0.05) is 12.8 Å². The van der Waals surface area contributed by atoms with Gasteiger partial charge in [-0.25, -0.2) is 14.6 Å². The number of carbonyl (C=O) groups is 1. The van der Waals surface area contributed by atoms with Gasteiger partial charge in [-0.3, -0.25) is 4.79 Å². The second kappa shape index (κ2) is 7.55. The van der Waals surface area contributed by atoms with Gasteiger partial charge in [0.2, 0.25) is 0 Å². The van der Waals surface area contributed by atoms with Crippen LogP contribution in [-0.2, 0) is 11.3 Å². The number of benzene rings is 1. The zero-order valence-corrected chi connectivity index (χ0v) is 16.1. The minimum Gasteiger partial charge on any atom is -0.383 e. The smallest absolute Gasteiger partial charge is 0.277 e. The summed E-state index contributed by atoms with van der Waals surface area (Å²) in [6.07, 6.45) is 4.60. The number of methoxy groups -OCH3 is 1. The first-order valence-electron chi connectivity index (χ1n) is 9.44. The van der Waals surface area contributed by atoms with Crippen molar-refractivity contribution in [2.24, 2.45) is 5.92 Å². The maximum absolute atomic E-state index is 13.0. The normalized spacial score (nSPS) is 19.2. The van der Waals surface area contributed by atoms with Crippen LogP contribution in [0.5, 0.6) is 0 Å². The molecule has 0 aliphatic heterocycles. The van der Waals surface area contributed by atoms with E-state index in [1.807, 2.05) is 28.9 Å². The van der Waals surface area contributed by atoms with Crippen LogP contribution in [0.25, 0.3) is 11.0 Å². The molecule has 4 rings (SSSR count). The summed E-state index contributed by atoms with van der Waals surface area (Å²) in [5, 5.41) is 8.01. The third kappa shape index (κ3) is 3.43. The Balaban J connectivity index is 1.66. The maximum Gasteiger partial charge on any atom is 0.277 e. The van der Waals surface area contributed by atoms with E-state index in [1.165, 1.54) is 6.33 Å². The molecule has 0 saturated heterocycles. The predicted molar refractivity (Wildman–Crippen MR) is 107 cm³/mol. The van der Waals surface area contributed by atoms with E-state index in [-0.39, 0.29) is 23.5 Å². The summed E-state index contributed by atoms with van der Waals surface area (Å²) in [5.74, 6) is 0.574. The van der Waals surface area contributed by atoms with Gasteiger partial charge < -0.3 is 15.8 Å². The van der Waals surface area contributed by atoms with Gasteiger partial charge in [0.15, 0.2) is 11.3 Å². The first-order chi connectivity index (χ1) is 13.6. The molecule has 8 heteroatoms. The topological polar surface area (TPSA) is 108 Å². The summed E-state index contributed by atoms with van der Waals surface area (Å²) in [5.41, 5.74) is 8.67. The van der Waals surface area contributed by atoms with E-state index < -0.39 is 0 Å². The number of aromatic nitrogens is 4. The number of hydrogen-bond acceptors (Lipinski definition) is 6. The van der Waals surface area contributed by atoms with Crippen LogP contribution >= 0.6 is 0 Å². The largest absolute Gasteiger partial charge is 0.383 e. The molecule has 28 heavy (non-hydrogen) atoms. The lowest BCUT2D eigenvalue weighted by atomic mass is 10.1. The first-order valence-corrected chi connectivity index (χ1v) is 9.44. The fraction of sp³-hybridized carbons (Fsp3) is 0.400. The number of nitrogen functional groups attached to an aromatic ring is 1. The first kappa shape index (κ1) is 18.4. The van der Waals surface area contributed by atoms with Crippen molar-refractivity contribution in [2.75, 3.05) is 18.2 Å². The monoisotopic (exact) mass is 380 g/mol.